The van der Waals surface area contributed by atoms with Crippen molar-refractivity contribution in [3.8, 4) is 11.1 Å². The summed E-state index contributed by atoms with van der Waals surface area (Å²) in [5.41, 5.74) is 2.82. The Balaban J connectivity index is 2.32. The number of carbonyl (C=O) groups is 1. The summed E-state index contributed by atoms with van der Waals surface area (Å²) in [6.45, 7) is 0. The van der Waals surface area contributed by atoms with Crippen LogP contribution in [0.25, 0.3) is 11.1 Å². The second-order valence-corrected chi connectivity index (χ2v) is 4.64. The van der Waals surface area contributed by atoms with Crippen LogP contribution in [0.2, 0.25) is 5.02 Å². The van der Waals surface area contributed by atoms with Gasteiger partial charge in [-0.2, -0.15) is 0 Å². The lowest BCUT2D eigenvalue weighted by Gasteiger charge is -2.03. The van der Waals surface area contributed by atoms with Crippen molar-refractivity contribution in [3.05, 3.63) is 59.1 Å². The van der Waals surface area contributed by atoms with E-state index in [4.69, 9.17) is 11.6 Å². The average molecular weight is 310 g/mol. The molecule has 0 atom stereocenters. The number of benzene rings is 2. The molecule has 1 nitrogen and oxygen atoms in total. The SMILES string of the molecule is O=C(CBr)c1ccc(-c2cccc(Cl)c2)cc1. The first-order valence-electron chi connectivity index (χ1n) is 5.16. The lowest BCUT2D eigenvalue weighted by Crippen LogP contribution is -1.98. The summed E-state index contributed by atoms with van der Waals surface area (Å²) in [6.07, 6.45) is 0. The molecule has 0 unspecified atom stereocenters. The van der Waals surface area contributed by atoms with Crippen LogP contribution in [0.5, 0.6) is 0 Å². The van der Waals surface area contributed by atoms with Gasteiger partial charge >= 0.3 is 0 Å². The number of halogens is 2. The topological polar surface area (TPSA) is 17.1 Å². The largest absolute Gasteiger partial charge is 0.293 e. The van der Waals surface area contributed by atoms with Crippen molar-refractivity contribution in [1.29, 1.82) is 0 Å². The maximum Gasteiger partial charge on any atom is 0.173 e. The molecule has 0 aromatic heterocycles. The molecule has 86 valence electrons. The van der Waals surface area contributed by atoms with Gasteiger partial charge in [0.2, 0.25) is 0 Å². The number of alkyl halides is 1. The Bertz CT molecular complexity index is 534. The molecule has 0 bridgehead atoms. The molecular weight excluding hydrogens is 300 g/mol. The Hall–Kier alpha value is -1.12. The van der Waals surface area contributed by atoms with Gasteiger partial charge in [0.05, 0.1) is 5.33 Å². The van der Waals surface area contributed by atoms with E-state index in [1.54, 1.807) is 0 Å². The predicted molar refractivity (Wildman–Crippen MR) is 75.0 cm³/mol. The maximum absolute atomic E-state index is 11.4. The van der Waals surface area contributed by atoms with Gasteiger partial charge in [0.25, 0.3) is 0 Å². The Morgan fingerprint density at radius 3 is 2.35 bits per heavy atom. The van der Waals surface area contributed by atoms with Crippen LogP contribution in [-0.2, 0) is 0 Å². The lowest BCUT2D eigenvalue weighted by atomic mass is 10.0. The summed E-state index contributed by atoms with van der Waals surface area (Å²) in [5.74, 6) is 0.0858. The molecule has 0 amide bonds. The van der Waals surface area contributed by atoms with Crippen molar-refractivity contribution in [2.75, 3.05) is 5.33 Å². The average Bonchev–Trinajstić information content (AvgIpc) is 2.38. The summed E-state index contributed by atoms with van der Waals surface area (Å²) in [4.78, 5) is 11.4. The normalized spacial score (nSPS) is 10.2. The summed E-state index contributed by atoms with van der Waals surface area (Å²) >= 11 is 9.10. The Kier molecular flexibility index (Phi) is 3.97. The van der Waals surface area contributed by atoms with E-state index in [1.165, 1.54) is 0 Å². The van der Waals surface area contributed by atoms with Crippen LogP contribution in [0, 0.1) is 0 Å². The van der Waals surface area contributed by atoms with Gasteiger partial charge < -0.3 is 0 Å². The van der Waals surface area contributed by atoms with E-state index in [0.717, 1.165) is 11.1 Å². The van der Waals surface area contributed by atoms with E-state index >= 15 is 0 Å². The van der Waals surface area contributed by atoms with Crippen molar-refractivity contribution in [2.24, 2.45) is 0 Å². The number of hydrogen-bond acceptors (Lipinski definition) is 1. The van der Waals surface area contributed by atoms with Gasteiger partial charge in [-0.05, 0) is 23.3 Å². The fourth-order valence-corrected chi connectivity index (χ4v) is 2.11. The minimum atomic E-state index is 0.0858. The fraction of sp³-hybridized carbons (Fsp3) is 0.0714. The van der Waals surface area contributed by atoms with Crippen LogP contribution in [0.3, 0.4) is 0 Å². The van der Waals surface area contributed by atoms with E-state index in [2.05, 4.69) is 15.9 Å². The van der Waals surface area contributed by atoms with Gasteiger partial charge in [0.15, 0.2) is 5.78 Å². The molecule has 0 spiro atoms. The Morgan fingerprint density at radius 1 is 1.06 bits per heavy atom. The number of Topliss-reactive ketones (excluding diaryl/α,β-unsaturated/α-hetero) is 1. The van der Waals surface area contributed by atoms with Crippen LogP contribution in [0.4, 0.5) is 0 Å². The quantitative estimate of drug-likeness (QED) is 0.599. The number of hydrogen-bond donors (Lipinski definition) is 0. The first-order valence-corrected chi connectivity index (χ1v) is 6.66. The smallest absolute Gasteiger partial charge is 0.173 e. The molecule has 2 aromatic rings. The minimum Gasteiger partial charge on any atom is -0.293 e. The molecule has 0 heterocycles. The van der Waals surface area contributed by atoms with Gasteiger partial charge in [0.1, 0.15) is 0 Å². The highest BCUT2D eigenvalue weighted by Gasteiger charge is 2.04. The second-order valence-electron chi connectivity index (χ2n) is 3.64. The molecule has 0 fully saturated rings. The number of carbonyl (C=O) groups excluding carboxylic acids is 1. The molecule has 0 aliphatic rings. The number of rotatable bonds is 3. The van der Waals surface area contributed by atoms with Gasteiger partial charge in [-0.1, -0.05) is 63.9 Å². The second kappa shape index (κ2) is 5.48. The van der Waals surface area contributed by atoms with Crippen LogP contribution >= 0.6 is 27.5 Å². The number of ketones is 1. The molecule has 2 rings (SSSR count). The highest BCUT2D eigenvalue weighted by Crippen LogP contribution is 2.23. The van der Waals surface area contributed by atoms with Crippen molar-refractivity contribution >= 4 is 33.3 Å². The van der Waals surface area contributed by atoms with Crippen LogP contribution in [0.15, 0.2) is 48.5 Å². The molecule has 0 saturated heterocycles. The van der Waals surface area contributed by atoms with Gasteiger partial charge in [0, 0.05) is 10.6 Å². The molecule has 0 aliphatic heterocycles. The van der Waals surface area contributed by atoms with E-state index in [9.17, 15) is 4.79 Å². The van der Waals surface area contributed by atoms with Crippen molar-refractivity contribution in [1.82, 2.24) is 0 Å². The van der Waals surface area contributed by atoms with Gasteiger partial charge in [-0.15, -0.1) is 0 Å². The predicted octanol–water partition coefficient (Wildman–Crippen LogP) is 4.58. The summed E-state index contributed by atoms with van der Waals surface area (Å²) in [5, 5.41) is 1.06. The zero-order valence-electron chi connectivity index (χ0n) is 8.99. The van der Waals surface area contributed by atoms with Crippen molar-refractivity contribution in [2.45, 2.75) is 0 Å². The molecule has 3 heteroatoms. The molecule has 0 saturated carbocycles. The third-order valence-electron chi connectivity index (χ3n) is 2.49. The van der Waals surface area contributed by atoms with E-state index in [-0.39, 0.29) is 5.78 Å². The molecule has 0 aliphatic carbocycles. The molecule has 2 aromatic carbocycles. The zero-order valence-corrected chi connectivity index (χ0v) is 11.3. The Labute approximate surface area is 114 Å². The van der Waals surface area contributed by atoms with Crippen LogP contribution in [-0.4, -0.2) is 11.1 Å². The highest BCUT2D eigenvalue weighted by molar-refractivity contribution is 9.09. The van der Waals surface area contributed by atoms with Gasteiger partial charge in [-0.3, -0.25) is 4.79 Å². The summed E-state index contributed by atoms with van der Waals surface area (Å²) in [6, 6.07) is 15.2. The van der Waals surface area contributed by atoms with Crippen LogP contribution in [0.1, 0.15) is 10.4 Å². The third-order valence-corrected chi connectivity index (χ3v) is 3.23. The van der Waals surface area contributed by atoms with E-state index in [1.807, 2.05) is 48.5 Å². The molecular formula is C14H10BrClO. The molecule has 17 heavy (non-hydrogen) atoms. The van der Waals surface area contributed by atoms with E-state index in [0.29, 0.717) is 15.9 Å². The van der Waals surface area contributed by atoms with Crippen LogP contribution < -0.4 is 0 Å². The van der Waals surface area contributed by atoms with Gasteiger partial charge in [-0.25, -0.2) is 0 Å². The fourth-order valence-electron chi connectivity index (χ4n) is 1.59. The molecule has 0 radical (unpaired) electrons. The summed E-state index contributed by atoms with van der Waals surface area (Å²) < 4.78 is 0. The monoisotopic (exact) mass is 308 g/mol. The maximum atomic E-state index is 11.4. The van der Waals surface area contributed by atoms with Crippen molar-refractivity contribution in [3.63, 3.8) is 0 Å². The summed E-state index contributed by atoms with van der Waals surface area (Å²) in [7, 11) is 0. The zero-order chi connectivity index (χ0) is 12.3. The van der Waals surface area contributed by atoms with Crippen molar-refractivity contribution < 1.29 is 4.79 Å². The highest BCUT2D eigenvalue weighted by atomic mass is 79.9. The third kappa shape index (κ3) is 2.96. The first-order chi connectivity index (χ1) is 8.20. The lowest BCUT2D eigenvalue weighted by molar-refractivity contribution is 0.102. The molecule has 0 N–H and O–H groups in total. The Morgan fingerprint density at radius 2 is 1.76 bits per heavy atom. The first kappa shape index (κ1) is 12.3. The van der Waals surface area contributed by atoms with E-state index < -0.39 is 0 Å². The minimum absolute atomic E-state index is 0.0858. The standard InChI is InChI=1S/C14H10BrClO/c15-9-14(17)11-6-4-10(5-7-11)12-2-1-3-13(16)8-12/h1-8H,9H2.